The Balaban J connectivity index is 1.34. The minimum absolute atomic E-state index is 0.0394. The summed E-state index contributed by atoms with van der Waals surface area (Å²) in [6.07, 6.45) is 1.61. The zero-order valence-electron chi connectivity index (χ0n) is 18.1. The fourth-order valence-corrected chi connectivity index (χ4v) is 4.36. The monoisotopic (exact) mass is 440 g/mol. The third-order valence-electron chi connectivity index (χ3n) is 6.39. The number of nitrogens with zero attached hydrogens (tertiary/aromatic N) is 2. The third kappa shape index (κ3) is 4.73. The molecule has 5 N–H and O–H groups in total. The maximum absolute atomic E-state index is 13.7. The number of carbonyl (C=O) groups excluding carboxylic acids is 2. The van der Waals surface area contributed by atoms with Crippen LogP contribution in [0.25, 0.3) is 0 Å². The molecule has 2 aliphatic rings. The van der Waals surface area contributed by atoms with Crippen molar-refractivity contribution in [2.45, 2.75) is 38.3 Å². The standard InChI is InChI=1S/C23H29FN6O2/c1-14-18(13-27-29-14)23(32)30-10-8-15(9-11-30)20-7-6-17(21(25)28-20)22(31)26-12-16-4-2-3-5-19(16)24/h2-7,14-15,18,27,29H,8-13H2,1H3,(H2,25,28)(H,26,31). The van der Waals surface area contributed by atoms with E-state index in [2.05, 4.69) is 21.2 Å². The van der Waals surface area contributed by atoms with Crippen molar-refractivity contribution in [3.8, 4) is 0 Å². The molecular formula is C23H29FN6O2. The maximum atomic E-state index is 13.7. The van der Waals surface area contributed by atoms with Crippen LogP contribution in [0.5, 0.6) is 0 Å². The fraction of sp³-hybridized carbons (Fsp3) is 0.435. The van der Waals surface area contributed by atoms with Gasteiger partial charge in [-0.3, -0.25) is 20.4 Å². The van der Waals surface area contributed by atoms with Gasteiger partial charge in [0.25, 0.3) is 5.91 Å². The highest BCUT2D eigenvalue weighted by Crippen LogP contribution is 2.29. The molecule has 0 radical (unpaired) electrons. The summed E-state index contributed by atoms with van der Waals surface area (Å²) in [4.78, 5) is 31.7. The second-order valence-electron chi connectivity index (χ2n) is 8.46. The lowest BCUT2D eigenvalue weighted by Crippen LogP contribution is -2.44. The van der Waals surface area contributed by atoms with Crippen molar-refractivity contribution in [1.82, 2.24) is 26.1 Å². The van der Waals surface area contributed by atoms with Crippen molar-refractivity contribution in [3.05, 3.63) is 59.0 Å². The summed E-state index contributed by atoms with van der Waals surface area (Å²) in [6.45, 7) is 4.09. The molecule has 0 aliphatic carbocycles. The summed E-state index contributed by atoms with van der Waals surface area (Å²) in [5.41, 5.74) is 13.7. The average molecular weight is 441 g/mol. The van der Waals surface area contributed by atoms with Crippen LogP contribution in [0.3, 0.4) is 0 Å². The van der Waals surface area contributed by atoms with Gasteiger partial charge in [-0.25, -0.2) is 9.37 Å². The van der Waals surface area contributed by atoms with E-state index in [0.717, 1.165) is 18.5 Å². The number of nitrogens with one attached hydrogen (secondary N) is 3. The summed E-state index contributed by atoms with van der Waals surface area (Å²) in [5.74, 6) is -0.268. The molecule has 2 atom stereocenters. The highest BCUT2D eigenvalue weighted by molar-refractivity contribution is 5.98. The van der Waals surface area contributed by atoms with E-state index in [1.54, 1.807) is 24.3 Å². The van der Waals surface area contributed by atoms with Gasteiger partial charge in [0, 0.05) is 49.4 Å². The lowest BCUT2D eigenvalue weighted by molar-refractivity contribution is -0.136. The maximum Gasteiger partial charge on any atom is 0.255 e. The van der Waals surface area contributed by atoms with Crippen LogP contribution in [-0.4, -0.2) is 47.4 Å². The lowest BCUT2D eigenvalue weighted by atomic mass is 9.91. The van der Waals surface area contributed by atoms with Crippen molar-refractivity contribution in [2.75, 3.05) is 25.4 Å². The van der Waals surface area contributed by atoms with Crippen molar-refractivity contribution in [1.29, 1.82) is 0 Å². The number of amides is 2. The van der Waals surface area contributed by atoms with Gasteiger partial charge in [0.2, 0.25) is 5.91 Å². The number of aromatic nitrogens is 1. The normalized spacial score (nSPS) is 21.5. The van der Waals surface area contributed by atoms with E-state index >= 15 is 0 Å². The molecule has 1 aromatic carbocycles. The van der Waals surface area contributed by atoms with E-state index in [4.69, 9.17) is 5.73 Å². The van der Waals surface area contributed by atoms with E-state index in [-0.39, 0.29) is 47.5 Å². The van der Waals surface area contributed by atoms with Crippen LogP contribution in [0.4, 0.5) is 10.2 Å². The number of hydrogen-bond acceptors (Lipinski definition) is 6. The Hall–Kier alpha value is -3.04. The first kappa shape index (κ1) is 22.2. The van der Waals surface area contributed by atoms with Gasteiger partial charge >= 0.3 is 0 Å². The highest BCUT2D eigenvalue weighted by atomic mass is 19.1. The minimum Gasteiger partial charge on any atom is -0.383 e. The third-order valence-corrected chi connectivity index (χ3v) is 6.39. The van der Waals surface area contributed by atoms with E-state index in [1.165, 1.54) is 6.07 Å². The molecule has 170 valence electrons. The van der Waals surface area contributed by atoms with Crippen LogP contribution in [0.15, 0.2) is 36.4 Å². The molecule has 2 unspecified atom stereocenters. The molecule has 3 heterocycles. The molecule has 1 aromatic heterocycles. The van der Waals surface area contributed by atoms with Crippen LogP contribution < -0.4 is 21.9 Å². The van der Waals surface area contributed by atoms with Crippen LogP contribution in [-0.2, 0) is 11.3 Å². The Morgan fingerprint density at radius 2 is 1.97 bits per heavy atom. The lowest BCUT2D eigenvalue weighted by Gasteiger charge is -2.34. The molecule has 2 amide bonds. The van der Waals surface area contributed by atoms with E-state index in [1.807, 2.05) is 17.9 Å². The SMILES string of the molecule is CC1NNCC1C(=O)N1CCC(c2ccc(C(=O)NCc3ccccc3F)c(N)n2)CC1. The second-order valence-corrected chi connectivity index (χ2v) is 8.46. The van der Waals surface area contributed by atoms with Crippen molar-refractivity contribution in [2.24, 2.45) is 5.92 Å². The number of nitrogen functional groups attached to an aromatic ring is 1. The topological polar surface area (TPSA) is 112 Å². The first-order valence-electron chi connectivity index (χ1n) is 11.0. The number of likely N-dealkylation sites (tertiary alicyclic amines) is 1. The predicted octanol–water partition coefficient (Wildman–Crippen LogP) is 1.55. The first-order valence-corrected chi connectivity index (χ1v) is 11.0. The van der Waals surface area contributed by atoms with E-state index in [9.17, 15) is 14.0 Å². The molecule has 8 nitrogen and oxygen atoms in total. The quantitative estimate of drug-likeness (QED) is 0.561. The van der Waals surface area contributed by atoms with Gasteiger partial charge in [0.1, 0.15) is 11.6 Å². The number of benzene rings is 1. The van der Waals surface area contributed by atoms with Crippen molar-refractivity contribution >= 4 is 17.6 Å². The summed E-state index contributed by atoms with van der Waals surface area (Å²) >= 11 is 0. The van der Waals surface area contributed by atoms with E-state index < -0.39 is 5.91 Å². The van der Waals surface area contributed by atoms with Crippen LogP contribution in [0.2, 0.25) is 0 Å². The van der Waals surface area contributed by atoms with Crippen molar-refractivity contribution < 1.29 is 14.0 Å². The molecule has 0 saturated carbocycles. The Bertz CT molecular complexity index is 992. The molecule has 2 aliphatic heterocycles. The van der Waals surface area contributed by atoms with Gasteiger partial charge in [-0.05, 0) is 38.0 Å². The number of halogens is 1. The molecule has 2 fully saturated rings. The minimum atomic E-state index is -0.391. The summed E-state index contributed by atoms with van der Waals surface area (Å²) in [5, 5.41) is 2.69. The summed E-state index contributed by atoms with van der Waals surface area (Å²) in [7, 11) is 0. The number of hydrazine groups is 1. The molecular weight excluding hydrogens is 411 g/mol. The predicted molar refractivity (Wildman–Crippen MR) is 119 cm³/mol. The fourth-order valence-electron chi connectivity index (χ4n) is 4.36. The largest absolute Gasteiger partial charge is 0.383 e. The second kappa shape index (κ2) is 9.62. The number of carbonyl (C=O) groups is 2. The van der Waals surface area contributed by atoms with Crippen LogP contribution >= 0.6 is 0 Å². The molecule has 32 heavy (non-hydrogen) atoms. The first-order chi connectivity index (χ1) is 15.4. The Morgan fingerprint density at radius 1 is 1.22 bits per heavy atom. The van der Waals surface area contributed by atoms with Gasteiger partial charge in [0.05, 0.1) is 11.5 Å². The number of piperidine rings is 1. The summed E-state index contributed by atoms with van der Waals surface area (Å²) in [6, 6.07) is 9.91. The summed E-state index contributed by atoms with van der Waals surface area (Å²) < 4.78 is 13.7. The van der Waals surface area contributed by atoms with Crippen LogP contribution in [0, 0.1) is 11.7 Å². The number of rotatable bonds is 5. The van der Waals surface area contributed by atoms with Gasteiger partial charge in [0.15, 0.2) is 0 Å². The molecule has 4 rings (SSSR count). The Kier molecular flexibility index (Phi) is 6.66. The zero-order valence-corrected chi connectivity index (χ0v) is 18.1. The van der Waals surface area contributed by atoms with Gasteiger partial charge in [-0.2, -0.15) is 0 Å². The number of hydrogen-bond donors (Lipinski definition) is 4. The molecule has 0 spiro atoms. The zero-order chi connectivity index (χ0) is 22.7. The van der Waals surface area contributed by atoms with Gasteiger partial charge < -0.3 is 16.0 Å². The van der Waals surface area contributed by atoms with E-state index in [0.29, 0.717) is 25.2 Å². The number of nitrogens with two attached hydrogens (primary N) is 1. The van der Waals surface area contributed by atoms with Gasteiger partial charge in [-0.15, -0.1) is 0 Å². The van der Waals surface area contributed by atoms with Crippen LogP contribution in [0.1, 0.15) is 47.3 Å². The molecule has 2 aromatic rings. The average Bonchev–Trinajstić information content (AvgIpc) is 3.23. The van der Waals surface area contributed by atoms with Crippen molar-refractivity contribution in [3.63, 3.8) is 0 Å². The molecule has 2 saturated heterocycles. The number of pyridine rings is 1. The highest BCUT2D eigenvalue weighted by Gasteiger charge is 2.34. The van der Waals surface area contributed by atoms with Gasteiger partial charge in [-0.1, -0.05) is 18.2 Å². The molecule has 9 heteroatoms. The Morgan fingerprint density at radius 3 is 2.62 bits per heavy atom. The Labute approximate surface area is 186 Å². The number of anilines is 1. The molecule has 0 bridgehead atoms. The smallest absolute Gasteiger partial charge is 0.255 e.